The lowest BCUT2D eigenvalue weighted by atomic mass is 10.3. The second kappa shape index (κ2) is 3.67. The molecule has 76 valence electrons. The smallest absolute Gasteiger partial charge is 0.214 e. The van der Waals surface area contributed by atoms with Gasteiger partial charge in [0.25, 0.3) is 0 Å². The summed E-state index contributed by atoms with van der Waals surface area (Å²) in [4.78, 5) is 3.91. The Labute approximate surface area is 83.4 Å². The van der Waals surface area contributed by atoms with E-state index in [9.17, 15) is 8.42 Å². The first-order valence-electron chi connectivity index (χ1n) is 4.56. The lowest BCUT2D eigenvalue weighted by molar-refractivity contribution is 0.580. The molecule has 4 nitrogen and oxygen atoms in total. The van der Waals surface area contributed by atoms with Gasteiger partial charge in [0.1, 0.15) is 0 Å². The average Bonchev–Trinajstić information content (AvgIpc) is 3.00. The van der Waals surface area contributed by atoms with Gasteiger partial charge in [0.15, 0.2) is 0 Å². The first-order valence-corrected chi connectivity index (χ1v) is 6.10. The second-order valence-corrected chi connectivity index (χ2v) is 5.47. The van der Waals surface area contributed by atoms with Crippen LogP contribution in [0.2, 0.25) is 0 Å². The van der Waals surface area contributed by atoms with Gasteiger partial charge in [-0.1, -0.05) is 6.07 Å². The van der Waals surface area contributed by atoms with Crippen molar-refractivity contribution in [1.82, 2.24) is 9.71 Å². The van der Waals surface area contributed by atoms with Gasteiger partial charge >= 0.3 is 0 Å². The van der Waals surface area contributed by atoms with Crippen molar-refractivity contribution in [3.8, 4) is 0 Å². The van der Waals surface area contributed by atoms with E-state index in [1.807, 2.05) is 6.07 Å². The second-order valence-electron chi connectivity index (χ2n) is 3.43. The predicted octanol–water partition coefficient (Wildman–Crippen LogP) is 0.663. The first-order chi connectivity index (χ1) is 6.68. The van der Waals surface area contributed by atoms with Crippen LogP contribution in [0.5, 0.6) is 0 Å². The van der Waals surface area contributed by atoms with Gasteiger partial charge in [-0.15, -0.1) is 0 Å². The average molecular weight is 212 g/mol. The third kappa shape index (κ3) is 2.30. The van der Waals surface area contributed by atoms with Crippen LogP contribution in [0.15, 0.2) is 24.5 Å². The molecule has 1 aliphatic rings. The highest BCUT2D eigenvalue weighted by Crippen LogP contribution is 2.27. The summed E-state index contributed by atoms with van der Waals surface area (Å²) in [5.41, 5.74) is 0.886. The molecule has 14 heavy (non-hydrogen) atoms. The van der Waals surface area contributed by atoms with Crippen molar-refractivity contribution >= 4 is 10.0 Å². The lowest BCUT2D eigenvalue weighted by Crippen LogP contribution is -2.26. The fraction of sp³-hybridized carbons (Fsp3) is 0.444. The van der Waals surface area contributed by atoms with Crippen LogP contribution in [-0.2, 0) is 16.6 Å². The zero-order chi connectivity index (χ0) is 10.0. The maximum Gasteiger partial charge on any atom is 0.214 e. The van der Waals surface area contributed by atoms with Gasteiger partial charge in [0.05, 0.1) is 5.25 Å². The molecule has 0 aliphatic heterocycles. The van der Waals surface area contributed by atoms with Crippen molar-refractivity contribution in [2.45, 2.75) is 24.6 Å². The van der Waals surface area contributed by atoms with Gasteiger partial charge in [-0.2, -0.15) is 0 Å². The molecule has 1 heterocycles. The number of rotatable bonds is 4. The fourth-order valence-electron chi connectivity index (χ4n) is 1.18. The van der Waals surface area contributed by atoms with E-state index in [2.05, 4.69) is 9.71 Å². The molecule has 1 aromatic rings. The van der Waals surface area contributed by atoms with Crippen LogP contribution >= 0.6 is 0 Å². The van der Waals surface area contributed by atoms with E-state index < -0.39 is 10.0 Å². The Balaban J connectivity index is 1.94. The van der Waals surface area contributed by atoms with E-state index in [1.54, 1.807) is 18.5 Å². The minimum atomic E-state index is -3.06. The molecule has 0 atom stereocenters. The zero-order valence-electron chi connectivity index (χ0n) is 7.68. The molecule has 0 unspecified atom stereocenters. The normalized spacial score (nSPS) is 16.9. The SMILES string of the molecule is O=S(=O)(NCc1cccnc1)C1CC1. The van der Waals surface area contributed by atoms with Crippen LogP contribution in [0.25, 0.3) is 0 Å². The predicted molar refractivity (Wildman–Crippen MR) is 53.0 cm³/mol. The van der Waals surface area contributed by atoms with E-state index in [1.165, 1.54) is 0 Å². The maximum atomic E-state index is 11.4. The third-order valence-corrected chi connectivity index (χ3v) is 4.06. The highest BCUT2D eigenvalue weighted by Gasteiger charge is 2.35. The highest BCUT2D eigenvalue weighted by atomic mass is 32.2. The summed E-state index contributed by atoms with van der Waals surface area (Å²) in [5.74, 6) is 0. The van der Waals surface area contributed by atoms with Crippen LogP contribution in [-0.4, -0.2) is 18.7 Å². The van der Waals surface area contributed by atoms with Crippen molar-refractivity contribution in [2.75, 3.05) is 0 Å². The molecule has 0 saturated heterocycles. The Morgan fingerprint density at radius 1 is 1.50 bits per heavy atom. The molecule has 0 bridgehead atoms. The van der Waals surface area contributed by atoms with E-state index in [0.29, 0.717) is 6.54 Å². The molecular formula is C9H12N2O2S. The minimum absolute atomic E-state index is 0.154. The molecule has 0 aromatic carbocycles. The highest BCUT2D eigenvalue weighted by molar-refractivity contribution is 7.90. The Hall–Kier alpha value is -0.940. The largest absolute Gasteiger partial charge is 0.264 e. The number of sulfonamides is 1. The monoisotopic (exact) mass is 212 g/mol. The molecule has 1 fully saturated rings. The van der Waals surface area contributed by atoms with Crippen LogP contribution < -0.4 is 4.72 Å². The number of pyridine rings is 1. The quantitative estimate of drug-likeness (QED) is 0.797. The van der Waals surface area contributed by atoms with Gasteiger partial charge in [0.2, 0.25) is 10.0 Å². The maximum absolute atomic E-state index is 11.4. The van der Waals surface area contributed by atoms with Crippen molar-refractivity contribution < 1.29 is 8.42 Å². The Morgan fingerprint density at radius 3 is 2.86 bits per heavy atom. The van der Waals surface area contributed by atoms with Crippen molar-refractivity contribution in [2.24, 2.45) is 0 Å². The molecule has 1 saturated carbocycles. The van der Waals surface area contributed by atoms with E-state index in [0.717, 1.165) is 18.4 Å². The number of nitrogens with zero attached hydrogens (tertiary/aromatic N) is 1. The number of hydrogen-bond donors (Lipinski definition) is 1. The number of hydrogen-bond acceptors (Lipinski definition) is 3. The van der Waals surface area contributed by atoms with Crippen molar-refractivity contribution in [1.29, 1.82) is 0 Å². The summed E-state index contributed by atoms with van der Waals surface area (Å²) in [5, 5.41) is -0.154. The van der Waals surface area contributed by atoms with Gasteiger partial charge in [0, 0.05) is 18.9 Å². The summed E-state index contributed by atoms with van der Waals surface area (Å²) in [6, 6.07) is 3.64. The van der Waals surface area contributed by atoms with E-state index >= 15 is 0 Å². The number of nitrogens with one attached hydrogen (secondary N) is 1. The van der Waals surface area contributed by atoms with Gasteiger partial charge in [-0.25, -0.2) is 13.1 Å². The summed E-state index contributed by atoms with van der Waals surface area (Å²) in [7, 11) is -3.06. The summed E-state index contributed by atoms with van der Waals surface area (Å²) < 4.78 is 25.4. The third-order valence-electron chi connectivity index (χ3n) is 2.16. The van der Waals surface area contributed by atoms with Gasteiger partial charge < -0.3 is 0 Å². The molecule has 2 rings (SSSR count). The van der Waals surface area contributed by atoms with E-state index in [-0.39, 0.29) is 5.25 Å². The van der Waals surface area contributed by atoms with Crippen molar-refractivity contribution in [3.05, 3.63) is 30.1 Å². The van der Waals surface area contributed by atoms with Gasteiger partial charge in [-0.05, 0) is 24.5 Å². The Kier molecular flexibility index (Phi) is 2.52. The molecule has 0 spiro atoms. The molecule has 0 radical (unpaired) electrons. The molecule has 1 aliphatic carbocycles. The number of aromatic nitrogens is 1. The molecule has 1 aromatic heterocycles. The Bertz CT molecular complexity index is 398. The summed E-state index contributed by atoms with van der Waals surface area (Å²) in [6.45, 7) is 0.340. The fourth-order valence-corrected chi connectivity index (χ4v) is 2.54. The van der Waals surface area contributed by atoms with Gasteiger partial charge in [-0.3, -0.25) is 4.98 Å². The summed E-state index contributed by atoms with van der Waals surface area (Å²) >= 11 is 0. The summed E-state index contributed by atoms with van der Waals surface area (Å²) in [6.07, 6.45) is 4.92. The standard InChI is InChI=1S/C9H12N2O2S/c12-14(13,9-3-4-9)11-7-8-2-1-5-10-6-8/h1-2,5-6,9,11H,3-4,7H2. The molecule has 5 heteroatoms. The zero-order valence-corrected chi connectivity index (χ0v) is 8.50. The Morgan fingerprint density at radius 2 is 2.29 bits per heavy atom. The first kappa shape index (κ1) is 9.61. The lowest BCUT2D eigenvalue weighted by Gasteiger charge is -2.04. The molecular weight excluding hydrogens is 200 g/mol. The van der Waals surface area contributed by atoms with Crippen LogP contribution in [0.3, 0.4) is 0 Å². The van der Waals surface area contributed by atoms with E-state index in [4.69, 9.17) is 0 Å². The molecule has 0 amide bonds. The molecule has 1 N–H and O–H groups in total. The minimum Gasteiger partial charge on any atom is -0.264 e. The van der Waals surface area contributed by atoms with Crippen LogP contribution in [0, 0.1) is 0 Å². The van der Waals surface area contributed by atoms with Crippen molar-refractivity contribution in [3.63, 3.8) is 0 Å². The topological polar surface area (TPSA) is 59.1 Å². The van der Waals surface area contributed by atoms with Crippen LogP contribution in [0.4, 0.5) is 0 Å². The van der Waals surface area contributed by atoms with Crippen LogP contribution in [0.1, 0.15) is 18.4 Å².